The van der Waals surface area contributed by atoms with Gasteiger partial charge in [0.1, 0.15) is 0 Å². The number of nitrogens with zero attached hydrogens (tertiary/aromatic N) is 3. The highest BCUT2D eigenvalue weighted by atomic mass is 79.9. The molecule has 0 bridgehead atoms. The molecule has 0 unspecified atom stereocenters. The van der Waals surface area contributed by atoms with E-state index in [1.165, 1.54) is 22.3 Å². The van der Waals surface area contributed by atoms with Gasteiger partial charge in [-0.2, -0.15) is 0 Å². The molecule has 37 heavy (non-hydrogen) atoms. The Hall–Kier alpha value is -1.68. The van der Waals surface area contributed by atoms with Crippen LogP contribution in [0.5, 0.6) is 0 Å². The van der Waals surface area contributed by atoms with Gasteiger partial charge in [-0.3, -0.25) is 15.0 Å². The first-order valence-electron chi connectivity index (χ1n) is 12.9. The lowest BCUT2D eigenvalue weighted by molar-refractivity contribution is -0.133. The van der Waals surface area contributed by atoms with Gasteiger partial charge in [-0.25, -0.2) is 10.3 Å². The van der Waals surface area contributed by atoms with Crippen molar-refractivity contribution in [3.63, 3.8) is 0 Å². The average molecular weight is 655 g/mol. The number of amides is 3. The molecule has 198 valence electrons. The molecule has 1 aliphatic carbocycles. The first-order valence-corrected chi connectivity index (χ1v) is 14.9. The molecule has 3 aliphatic rings. The number of carbonyl (C=O) groups is 2. The van der Waals surface area contributed by atoms with E-state index in [9.17, 15) is 9.59 Å². The standard InChI is InChI=1S/C27H31Br2ClN4O3/c28-22-13-19(30)12-18-1-2-20-24(14-21(18)22)31-15-23(29)26(20)17-5-9-33(10-6-17)25(35)11-16-3-7-34(8-4-16)27(36)32-37/h12-13,15-17,37H,1-11,14H2,(H,32,36). The van der Waals surface area contributed by atoms with Crippen molar-refractivity contribution < 1.29 is 14.8 Å². The minimum absolute atomic E-state index is 0.216. The molecule has 0 spiro atoms. The zero-order valence-electron chi connectivity index (χ0n) is 20.6. The van der Waals surface area contributed by atoms with Crippen molar-refractivity contribution in [1.29, 1.82) is 0 Å². The van der Waals surface area contributed by atoms with Crippen LogP contribution in [0.3, 0.4) is 0 Å². The van der Waals surface area contributed by atoms with Gasteiger partial charge in [-0.1, -0.05) is 27.5 Å². The number of rotatable bonds is 3. The van der Waals surface area contributed by atoms with E-state index in [-0.39, 0.29) is 11.8 Å². The third-order valence-electron chi connectivity index (χ3n) is 8.22. The number of carbonyl (C=O) groups excluding carboxylic acids is 2. The molecule has 1 aromatic heterocycles. The molecule has 2 aliphatic heterocycles. The van der Waals surface area contributed by atoms with Crippen molar-refractivity contribution in [3.8, 4) is 0 Å². The first-order chi connectivity index (χ1) is 17.8. The second kappa shape index (κ2) is 11.6. The van der Waals surface area contributed by atoms with Crippen molar-refractivity contribution in [1.82, 2.24) is 20.3 Å². The van der Waals surface area contributed by atoms with Crippen molar-refractivity contribution in [2.75, 3.05) is 26.2 Å². The summed E-state index contributed by atoms with van der Waals surface area (Å²) in [4.78, 5) is 33.1. The van der Waals surface area contributed by atoms with Crippen molar-refractivity contribution in [3.05, 3.63) is 60.2 Å². The fraction of sp³-hybridized carbons (Fsp3) is 0.519. The van der Waals surface area contributed by atoms with E-state index in [4.69, 9.17) is 21.8 Å². The first kappa shape index (κ1) is 26.9. The number of fused-ring (bicyclic) bond motifs is 2. The summed E-state index contributed by atoms with van der Waals surface area (Å²) >= 11 is 13.9. The molecule has 10 heteroatoms. The molecule has 2 N–H and O–H groups in total. The third-order valence-corrected chi connectivity index (χ3v) is 9.78. The molecule has 2 fully saturated rings. The second-order valence-electron chi connectivity index (χ2n) is 10.4. The Morgan fingerprint density at radius 2 is 1.70 bits per heavy atom. The number of nitrogens with one attached hydrogen (secondary N) is 1. The van der Waals surface area contributed by atoms with Crippen LogP contribution in [0.4, 0.5) is 4.79 Å². The molecule has 5 rings (SSSR count). The molecule has 2 aromatic rings. The van der Waals surface area contributed by atoms with Gasteiger partial charge in [-0.15, -0.1) is 0 Å². The number of benzene rings is 1. The summed E-state index contributed by atoms with van der Waals surface area (Å²) in [6, 6.07) is 3.58. The molecule has 0 saturated carbocycles. The normalized spacial score (nSPS) is 18.7. The van der Waals surface area contributed by atoms with Crippen molar-refractivity contribution in [2.24, 2.45) is 5.92 Å². The van der Waals surface area contributed by atoms with E-state index in [0.29, 0.717) is 25.4 Å². The number of likely N-dealkylation sites (tertiary alicyclic amines) is 2. The molecular weight excluding hydrogens is 624 g/mol. The molecular formula is C27H31Br2ClN4O3. The monoisotopic (exact) mass is 652 g/mol. The number of urea groups is 1. The van der Waals surface area contributed by atoms with Crippen LogP contribution in [-0.4, -0.2) is 58.1 Å². The lowest BCUT2D eigenvalue weighted by Gasteiger charge is -2.36. The maximum absolute atomic E-state index is 13.1. The Bertz CT molecular complexity index is 1190. The number of aromatic nitrogens is 1. The highest BCUT2D eigenvalue weighted by molar-refractivity contribution is 9.10. The molecule has 0 atom stereocenters. The number of pyridine rings is 1. The van der Waals surface area contributed by atoms with Gasteiger partial charge in [-0.05, 0) is 101 Å². The number of hydrogen-bond donors (Lipinski definition) is 2. The van der Waals surface area contributed by atoms with Crippen LogP contribution in [0.2, 0.25) is 5.02 Å². The van der Waals surface area contributed by atoms with Crippen LogP contribution < -0.4 is 5.48 Å². The maximum Gasteiger partial charge on any atom is 0.341 e. The molecule has 2 saturated heterocycles. The number of piperidine rings is 2. The van der Waals surface area contributed by atoms with Gasteiger partial charge >= 0.3 is 6.03 Å². The van der Waals surface area contributed by atoms with Crippen molar-refractivity contribution >= 4 is 55.4 Å². The van der Waals surface area contributed by atoms with Crippen LogP contribution in [0.1, 0.15) is 66.0 Å². The molecule has 1 aromatic carbocycles. The van der Waals surface area contributed by atoms with E-state index in [2.05, 4.69) is 37.9 Å². The highest BCUT2D eigenvalue weighted by Crippen LogP contribution is 2.40. The quantitative estimate of drug-likeness (QED) is 0.321. The molecule has 3 heterocycles. The van der Waals surface area contributed by atoms with Crippen LogP contribution in [0, 0.1) is 5.92 Å². The minimum atomic E-state index is -0.465. The number of hydrogen-bond acceptors (Lipinski definition) is 4. The van der Waals surface area contributed by atoms with Gasteiger partial charge in [0.15, 0.2) is 0 Å². The fourth-order valence-electron chi connectivity index (χ4n) is 6.16. The summed E-state index contributed by atoms with van der Waals surface area (Å²) < 4.78 is 2.11. The average Bonchev–Trinajstić information content (AvgIpc) is 3.08. The SMILES string of the molecule is O=C(CC1CCN(C(=O)NO)CC1)N1CCC(c2c(Br)cnc3c2CCc2cc(Cl)cc(Br)c2C3)CC1. The Labute approximate surface area is 239 Å². The Balaban J connectivity index is 1.22. The smallest absolute Gasteiger partial charge is 0.341 e. The van der Waals surface area contributed by atoms with Crippen molar-refractivity contribution in [2.45, 2.75) is 57.3 Å². The Kier molecular flexibility index (Phi) is 8.43. The summed E-state index contributed by atoms with van der Waals surface area (Å²) in [5.74, 6) is 0.893. The summed E-state index contributed by atoms with van der Waals surface area (Å²) in [7, 11) is 0. The maximum atomic E-state index is 13.1. The summed E-state index contributed by atoms with van der Waals surface area (Å²) in [5.41, 5.74) is 8.09. The summed E-state index contributed by atoms with van der Waals surface area (Å²) in [6.45, 7) is 2.67. The predicted octanol–water partition coefficient (Wildman–Crippen LogP) is 5.86. The van der Waals surface area contributed by atoms with Crippen LogP contribution in [0.15, 0.2) is 27.3 Å². The number of aryl methyl sites for hydroxylation is 1. The predicted molar refractivity (Wildman–Crippen MR) is 149 cm³/mol. The zero-order valence-corrected chi connectivity index (χ0v) is 24.5. The zero-order chi connectivity index (χ0) is 26.1. The van der Waals surface area contributed by atoms with Crippen LogP contribution in [-0.2, 0) is 24.1 Å². The van der Waals surface area contributed by atoms with Gasteiger partial charge in [0, 0.05) is 64.9 Å². The van der Waals surface area contributed by atoms with E-state index < -0.39 is 6.03 Å². The summed E-state index contributed by atoms with van der Waals surface area (Å²) in [6.07, 6.45) is 8.60. The lowest BCUT2D eigenvalue weighted by Crippen LogP contribution is -2.44. The van der Waals surface area contributed by atoms with Crippen LogP contribution >= 0.6 is 43.5 Å². The minimum Gasteiger partial charge on any atom is -0.343 e. The Morgan fingerprint density at radius 1 is 1.00 bits per heavy atom. The lowest BCUT2D eigenvalue weighted by atomic mass is 9.84. The second-order valence-corrected chi connectivity index (χ2v) is 12.5. The third kappa shape index (κ3) is 5.84. The van der Waals surface area contributed by atoms with Crippen LogP contribution in [0.25, 0.3) is 0 Å². The fourth-order valence-corrected chi connectivity index (χ4v) is 7.84. The van der Waals surface area contributed by atoms with Gasteiger partial charge in [0.2, 0.25) is 5.91 Å². The topological polar surface area (TPSA) is 85.8 Å². The molecule has 3 amide bonds. The van der Waals surface area contributed by atoms with E-state index >= 15 is 0 Å². The number of halogens is 3. The number of hydroxylamine groups is 1. The molecule has 7 nitrogen and oxygen atoms in total. The Morgan fingerprint density at radius 3 is 2.41 bits per heavy atom. The van der Waals surface area contributed by atoms with Gasteiger partial charge < -0.3 is 9.80 Å². The highest BCUT2D eigenvalue weighted by Gasteiger charge is 2.31. The van der Waals surface area contributed by atoms with E-state index in [0.717, 1.165) is 77.7 Å². The van der Waals surface area contributed by atoms with E-state index in [1.807, 2.05) is 17.2 Å². The van der Waals surface area contributed by atoms with Gasteiger partial charge in [0.25, 0.3) is 0 Å². The molecule has 0 radical (unpaired) electrons. The van der Waals surface area contributed by atoms with E-state index in [1.54, 1.807) is 10.4 Å². The summed E-state index contributed by atoms with van der Waals surface area (Å²) in [5, 5.41) is 9.57. The van der Waals surface area contributed by atoms with Gasteiger partial charge in [0.05, 0.1) is 0 Å². The largest absolute Gasteiger partial charge is 0.343 e.